The van der Waals surface area contributed by atoms with Crippen molar-refractivity contribution in [2.24, 2.45) is 0 Å². The van der Waals surface area contributed by atoms with Crippen LogP contribution in [0.3, 0.4) is 0 Å². The molecule has 1 atom stereocenters. The third-order valence-corrected chi connectivity index (χ3v) is 3.96. The lowest BCUT2D eigenvalue weighted by Crippen LogP contribution is -2.42. The van der Waals surface area contributed by atoms with E-state index in [0.717, 1.165) is 22.1 Å². The molecule has 1 heterocycles. The Kier molecular flexibility index (Phi) is 3.78. The van der Waals surface area contributed by atoms with Crippen LogP contribution < -0.4 is 5.32 Å². The molecular formula is C18H19NO2. The Labute approximate surface area is 124 Å². The largest absolute Gasteiger partial charge is 0.464 e. The van der Waals surface area contributed by atoms with Gasteiger partial charge in [0.1, 0.15) is 5.58 Å². The predicted octanol–water partition coefficient (Wildman–Crippen LogP) is 3.43. The van der Waals surface area contributed by atoms with Crippen LogP contribution in [0.5, 0.6) is 0 Å². The second kappa shape index (κ2) is 5.72. The monoisotopic (exact) mass is 281 g/mol. The lowest BCUT2D eigenvalue weighted by atomic mass is 9.92. The summed E-state index contributed by atoms with van der Waals surface area (Å²) in [5.74, 6) is 0. The molecule has 3 nitrogen and oxygen atoms in total. The van der Waals surface area contributed by atoms with E-state index >= 15 is 0 Å². The van der Waals surface area contributed by atoms with Crippen LogP contribution in [0, 0.1) is 0 Å². The van der Waals surface area contributed by atoms with Crippen LogP contribution >= 0.6 is 0 Å². The molecule has 0 aliphatic heterocycles. The summed E-state index contributed by atoms with van der Waals surface area (Å²) in [5.41, 5.74) is 2.58. The molecule has 1 aromatic heterocycles. The lowest BCUT2D eigenvalue weighted by Gasteiger charge is -2.29. The topological polar surface area (TPSA) is 45.4 Å². The molecule has 3 aromatic rings. The fraction of sp³-hybridized carbons (Fsp3) is 0.222. The summed E-state index contributed by atoms with van der Waals surface area (Å²) in [4.78, 5) is 0. The average Bonchev–Trinajstić information content (AvgIpc) is 2.97. The zero-order valence-electron chi connectivity index (χ0n) is 12.0. The Balaban J connectivity index is 1.82. The average molecular weight is 281 g/mol. The van der Waals surface area contributed by atoms with Crippen LogP contribution in [-0.4, -0.2) is 11.7 Å². The lowest BCUT2D eigenvalue weighted by molar-refractivity contribution is 0.173. The fourth-order valence-electron chi connectivity index (χ4n) is 2.52. The van der Waals surface area contributed by atoms with Crippen LogP contribution in [0.1, 0.15) is 18.1 Å². The number of hydrogen-bond donors (Lipinski definition) is 2. The number of rotatable bonds is 5. The van der Waals surface area contributed by atoms with Crippen molar-refractivity contribution in [3.8, 4) is 0 Å². The summed E-state index contributed by atoms with van der Waals surface area (Å²) in [6, 6.07) is 18.0. The maximum Gasteiger partial charge on any atom is 0.134 e. The van der Waals surface area contributed by atoms with Crippen LogP contribution in [0.15, 0.2) is 65.3 Å². The number of aliphatic hydroxyl groups is 1. The van der Waals surface area contributed by atoms with Gasteiger partial charge in [0.15, 0.2) is 0 Å². The molecule has 1 unspecified atom stereocenters. The Hall–Kier alpha value is -2.10. The van der Waals surface area contributed by atoms with Crippen molar-refractivity contribution < 1.29 is 9.52 Å². The Morgan fingerprint density at radius 3 is 2.52 bits per heavy atom. The number of fused-ring (bicyclic) bond motifs is 1. The zero-order chi connectivity index (χ0) is 14.7. The van der Waals surface area contributed by atoms with Crippen molar-refractivity contribution in [3.05, 3.63) is 72.0 Å². The molecule has 0 saturated heterocycles. The normalized spacial score (nSPS) is 14.2. The van der Waals surface area contributed by atoms with Gasteiger partial charge in [-0.2, -0.15) is 0 Å². The molecule has 0 aliphatic carbocycles. The molecule has 0 aliphatic rings. The van der Waals surface area contributed by atoms with Crippen molar-refractivity contribution >= 4 is 11.0 Å². The van der Waals surface area contributed by atoms with E-state index in [4.69, 9.17) is 4.42 Å². The van der Waals surface area contributed by atoms with Crippen molar-refractivity contribution in [1.29, 1.82) is 0 Å². The van der Waals surface area contributed by atoms with Crippen LogP contribution in [0.2, 0.25) is 0 Å². The third-order valence-electron chi connectivity index (χ3n) is 3.96. The second-order valence-corrected chi connectivity index (χ2v) is 5.47. The van der Waals surface area contributed by atoms with E-state index in [2.05, 4.69) is 11.4 Å². The van der Waals surface area contributed by atoms with Gasteiger partial charge in [-0.3, -0.25) is 0 Å². The summed E-state index contributed by atoms with van der Waals surface area (Å²) in [5, 5.41) is 14.4. The molecule has 0 radical (unpaired) electrons. The first-order valence-corrected chi connectivity index (χ1v) is 7.09. The van der Waals surface area contributed by atoms with Gasteiger partial charge < -0.3 is 14.8 Å². The molecule has 2 N–H and O–H groups in total. The SMILES string of the molecule is CC(CO)(NCc1coc2ccccc12)c1ccccc1. The summed E-state index contributed by atoms with van der Waals surface area (Å²) in [7, 11) is 0. The number of aliphatic hydroxyl groups excluding tert-OH is 1. The fourth-order valence-corrected chi connectivity index (χ4v) is 2.52. The third kappa shape index (κ3) is 2.71. The highest BCUT2D eigenvalue weighted by Crippen LogP contribution is 2.24. The van der Waals surface area contributed by atoms with Gasteiger partial charge in [0.25, 0.3) is 0 Å². The Morgan fingerprint density at radius 2 is 1.76 bits per heavy atom. The molecule has 21 heavy (non-hydrogen) atoms. The van der Waals surface area contributed by atoms with E-state index in [9.17, 15) is 5.11 Å². The van der Waals surface area contributed by atoms with Crippen molar-refractivity contribution in [3.63, 3.8) is 0 Å². The van der Waals surface area contributed by atoms with E-state index < -0.39 is 5.54 Å². The number of nitrogens with one attached hydrogen (secondary N) is 1. The Morgan fingerprint density at radius 1 is 1.05 bits per heavy atom. The van der Waals surface area contributed by atoms with Crippen LogP contribution in [-0.2, 0) is 12.1 Å². The van der Waals surface area contributed by atoms with Crippen molar-refractivity contribution in [2.45, 2.75) is 19.0 Å². The highest BCUT2D eigenvalue weighted by Gasteiger charge is 2.25. The van der Waals surface area contributed by atoms with Gasteiger partial charge in [-0.1, -0.05) is 48.5 Å². The zero-order valence-corrected chi connectivity index (χ0v) is 12.0. The molecule has 0 amide bonds. The molecule has 3 rings (SSSR count). The van der Waals surface area contributed by atoms with Crippen molar-refractivity contribution in [1.82, 2.24) is 5.32 Å². The standard InChI is InChI=1S/C18H19NO2/c1-18(13-20,15-7-3-2-4-8-15)19-11-14-12-21-17-10-6-5-9-16(14)17/h2-10,12,19-20H,11,13H2,1H3. The summed E-state index contributed by atoms with van der Waals surface area (Å²) < 4.78 is 5.55. The highest BCUT2D eigenvalue weighted by atomic mass is 16.3. The minimum Gasteiger partial charge on any atom is -0.464 e. The second-order valence-electron chi connectivity index (χ2n) is 5.47. The van der Waals surface area contributed by atoms with Crippen LogP contribution in [0.25, 0.3) is 11.0 Å². The van der Waals surface area contributed by atoms with Gasteiger partial charge in [0, 0.05) is 17.5 Å². The first-order chi connectivity index (χ1) is 10.2. The molecule has 0 saturated carbocycles. The number of para-hydroxylation sites is 1. The number of benzene rings is 2. The molecule has 3 heteroatoms. The summed E-state index contributed by atoms with van der Waals surface area (Å²) in [6.07, 6.45) is 1.78. The minimum atomic E-state index is -0.473. The van der Waals surface area contributed by atoms with Crippen LogP contribution in [0.4, 0.5) is 0 Å². The molecule has 2 aromatic carbocycles. The summed E-state index contributed by atoms with van der Waals surface area (Å²) >= 11 is 0. The smallest absolute Gasteiger partial charge is 0.134 e. The molecular weight excluding hydrogens is 262 g/mol. The van der Waals surface area contributed by atoms with E-state index in [-0.39, 0.29) is 6.61 Å². The first-order valence-electron chi connectivity index (χ1n) is 7.09. The number of hydrogen-bond acceptors (Lipinski definition) is 3. The van der Waals surface area contributed by atoms with Gasteiger partial charge in [-0.25, -0.2) is 0 Å². The molecule has 108 valence electrons. The van der Waals surface area contributed by atoms with E-state index in [1.54, 1.807) is 6.26 Å². The quantitative estimate of drug-likeness (QED) is 0.753. The maximum absolute atomic E-state index is 9.79. The first kappa shape index (κ1) is 13.9. The Bertz CT molecular complexity index is 720. The van der Waals surface area contributed by atoms with E-state index in [1.807, 2.05) is 55.5 Å². The van der Waals surface area contributed by atoms with Gasteiger partial charge in [-0.15, -0.1) is 0 Å². The molecule has 0 fully saturated rings. The van der Waals surface area contributed by atoms with Crippen molar-refractivity contribution in [2.75, 3.05) is 6.61 Å². The predicted molar refractivity (Wildman–Crippen MR) is 83.9 cm³/mol. The maximum atomic E-state index is 9.79. The summed E-state index contributed by atoms with van der Waals surface area (Å²) in [6.45, 7) is 2.68. The van der Waals surface area contributed by atoms with Gasteiger partial charge in [0.2, 0.25) is 0 Å². The number of furan rings is 1. The molecule has 0 bridgehead atoms. The van der Waals surface area contributed by atoms with Gasteiger partial charge >= 0.3 is 0 Å². The minimum absolute atomic E-state index is 0.0345. The van der Waals surface area contributed by atoms with Gasteiger partial charge in [0.05, 0.1) is 18.4 Å². The van der Waals surface area contributed by atoms with Gasteiger partial charge in [-0.05, 0) is 18.6 Å². The van der Waals surface area contributed by atoms with E-state index in [0.29, 0.717) is 6.54 Å². The van der Waals surface area contributed by atoms with E-state index in [1.165, 1.54) is 0 Å². The molecule has 0 spiro atoms. The highest BCUT2D eigenvalue weighted by molar-refractivity contribution is 5.80.